The molecule has 4 nitrogen and oxygen atoms in total. The van der Waals surface area contributed by atoms with E-state index in [-0.39, 0.29) is 18.9 Å². The van der Waals surface area contributed by atoms with E-state index in [2.05, 4.69) is 0 Å². The Kier molecular flexibility index (Phi) is 6.36. The lowest BCUT2D eigenvalue weighted by atomic mass is 10.2. The van der Waals surface area contributed by atoms with Crippen molar-refractivity contribution in [1.82, 2.24) is 4.90 Å². The summed E-state index contributed by atoms with van der Waals surface area (Å²) in [5, 5.41) is 9.32. The maximum absolute atomic E-state index is 12.0. The van der Waals surface area contributed by atoms with E-state index < -0.39 is 5.97 Å². The van der Waals surface area contributed by atoms with Gasteiger partial charge in [0.25, 0.3) is 0 Å². The zero-order valence-corrected chi connectivity index (χ0v) is 11.7. The molecule has 1 rings (SSSR count). The van der Waals surface area contributed by atoms with Crippen molar-refractivity contribution in [2.45, 2.75) is 32.7 Å². The molecule has 5 heteroatoms. The van der Waals surface area contributed by atoms with Crippen molar-refractivity contribution >= 4 is 23.5 Å². The summed E-state index contributed by atoms with van der Waals surface area (Å²) in [7, 11) is 0. The Morgan fingerprint density at radius 2 is 1.95 bits per heavy atom. The number of hydrogen-bond donors (Lipinski definition) is 1. The van der Waals surface area contributed by atoms with Crippen molar-refractivity contribution < 1.29 is 14.7 Å². The number of carbonyl (C=O) groups excluding carboxylic acids is 1. The molecule has 0 aliphatic rings. The molecule has 0 heterocycles. The lowest BCUT2D eigenvalue weighted by molar-refractivity contribution is -0.138. The maximum atomic E-state index is 12.0. The first kappa shape index (κ1) is 15.5. The summed E-state index contributed by atoms with van der Waals surface area (Å²) < 4.78 is 0. The molecule has 0 bridgehead atoms. The number of carboxylic acids is 1. The van der Waals surface area contributed by atoms with Crippen LogP contribution in [0.15, 0.2) is 24.3 Å². The van der Waals surface area contributed by atoms with Crippen LogP contribution >= 0.6 is 11.6 Å². The largest absolute Gasteiger partial charge is 0.481 e. The molecule has 0 fully saturated rings. The van der Waals surface area contributed by atoms with E-state index >= 15 is 0 Å². The molecule has 104 valence electrons. The lowest BCUT2D eigenvalue weighted by Gasteiger charge is -2.22. The van der Waals surface area contributed by atoms with E-state index in [1.54, 1.807) is 11.0 Å². The van der Waals surface area contributed by atoms with Gasteiger partial charge >= 0.3 is 5.97 Å². The molecule has 0 aromatic heterocycles. The molecular formula is C14H18ClNO3. The molecule has 1 amide bonds. The van der Waals surface area contributed by atoms with Gasteiger partial charge < -0.3 is 10.0 Å². The van der Waals surface area contributed by atoms with Gasteiger partial charge in [-0.2, -0.15) is 0 Å². The molecule has 0 saturated carbocycles. The van der Waals surface area contributed by atoms with Gasteiger partial charge in [0.2, 0.25) is 5.91 Å². The number of carbonyl (C=O) groups is 2. The second-order valence-electron chi connectivity index (χ2n) is 4.30. The van der Waals surface area contributed by atoms with E-state index in [9.17, 15) is 9.59 Å². The summed E-state index contributed by atoms with van der Waals surface area (Å²) in [6.07, 6.45) is 1.11. The summed E-state index contributed by atoms with van der Waals surface area (Å²) in [6, 6.07) is 7.27. The molecule has 1 aromatic rings. The Hall–Kier alpha value is -1.55. The van der Waals surface area contributed by atoms with Crippen LogP contribution in [-0.2, 0) is 16.1 Å². The molecule has 0 radical (unpaired) electrons. The highest BCUT2D eigenvalue weighted by Crippen LogP contribution is 2.17. The van der Waals surface area contributed by atoms with Crippen LogP contribution in [0.2, 0.25) is 5.02 Å². The molecule has 0 atom stereocenters. The Balaban J connectivity index is 2.75. The standard InChI is InChI=1S/C14H18ClNO3/c1-2-5-13(17)16(9-8-14(18)19)10-11-6-3-4-7-12(11)15/h3-4,6-7H,2,5,8-10H2,1H3,(H,18,19). The molecule has 1 aromatic carbocycles. The van der Waals surface area contributed by atoms with Gasteiger partial charge in [-0.3, -0.25) is 9.59 Å². The van der Waals surface area contributed by atoms with Crippen molar-refractivity contribution in [2.75, 3.05) is 6.54 Å². The predicted octanol–water partition coefficient (Wildman–Crippen LogP) is 2.94. The fraction of sp³-hybridized carbons (Fsp3) is 0.429. The summed E-state index contributed by atoms with van der Waals surface area (Å²) >= 11 is 6.06. The Morgan fingerprint density at radius 1 is 1.26 bits per heavy atom. The molecule has 0 unspecified atom stereocenters. The number of carboxylic acid groups (broad SMARTS) is 1. The second-order valence-corrected chi connectivity index (χ2v) is 4.71. The van der Waals surface area contributed by atoms with Gasteiger partial charge in [0, 0.05) is 24.5 Å². The molecular weight excluding hydrogens is 266 g/mol. The van der Waals surface area contributed by atoms with Crippen molar-refractivity contribution in [3.8, 4) is 0 Å². The first-order valence-electron chi connectivity index (χ1n) is 6.27. The van der Waals surface area contributed by atoms with E-state index in [0.717, 1.165) is 12.0 Å². The van der Waals surface area contributed by atoms with Crippen LogP contribution in [0.4, 0.5) is 0 Å². The quantitative estimate of drug-likeness (QED) is 0.837. The SMILES string of the molecule is CCCC(=O)N(CCC(=O)O)Cc1ccccc1Cl. The highest BCUT2D eigenvalue weighted by molar-refractivity contribution is 6.31. The summed E-state index contributed by atoms with van der Waals surface area (Å²) in [6.45, 7) is 2.48. The van der Waals surface area contributed by atoms with Gasteiger partial charge in [-0.15, -0.1) is 0 Å². The van der Waals surface area contributed by atoms with Crippen LogP contribution in [-0.4, -0.2) is 28.4 Å². The Morgan fingerprint density at radius 3 is 2.53 bits per heavy atom. The average molecular weight is 284 g/mol. The van der Waals surface area contributed by atoms with Gasteiger partial charge in [-0.25, -0.2) is 0 Å². The minimum Gasteiger partial charge on any atom is -0.481 e. The third-order valence-electron chi connectivity index (χ3n) is 2.73. The number of aliphatic carboxylic acids is 1. The van der Waals surface area contributed by atoms with Crippen LogP contribution in [0.3, 0.4) is 0 Å². The van der Waals surface area contributed by atoms with Crippen LogP contribution in [0, 0.1) is 0 Å². The molecule has 0 aliphatic heterocycles. The van der Waals surface area contributed by atoms with Crippen LogP contribution in [0.5, 0.6) is 0 Å². The first-order valence-corrected chi connectivity index (χ1v) is 6.65. The monoisotopic (exact) mass is 283 g/mol. The van der Waals surface area contributed by atoms with Gasteiger partial charge in [-0.1, -0.05) is 36.7 Å². The third-order valence-corrected chi connectivity index (χ3v) is 3.10. The molecule has 0 aliphatic carbocycles. The second kappa shape index (κ2) is 7.79. The zero-order chi connectivity index (χ0) is 14.3. The van der Waals surface area contributed by atoms with E-state index in [1.165, 1.54) is 0 Å². The molecule has 0 saturated heterocycles. The summed E-state index contributed by atoms with van der Waals surface area (Å²) in [4.78, 5) is 24.2. The zero-order valence-electron chi connectivity index (χ0n) is 10.9. The number of benzene rings is 1. The average Bonchev–Trinajstić information content (AvgIpc) is 2.36. The van der Waals surface area contributed by atoms with E-state index in [4.69, 9.17) is 16.7 Å². The number of amides is 1. The highest BCUT2D eigenvalue weighted by atomic mass is 35.5. The normalized spacial score (nSPS) is 10.2. The van der Waals surface area contributed by atoms with Gasteiger partial charge in [0.15, 0.2) is 0 Å². The van der Waals surface area contributed by atoms with E-state index in [1.807, 2.05) is 25.1 Å². The third kappa shape index (κ3) is 5.30. The maximum Gasteiger partial charge on any atom is 0.305 e. The minimum atomic E-state index is -0.909. The van der Waals surface area contributed by atoms with Crippen molar-refractivity contribution in [3.63, 3.8) is 0 Å². The predicted molar refractivity (Wildman–Crippen MR) is 74.0 cm³/mol. The fourth-order valence-corrected chi connectivity index (χ4v) is 1.92. The summed E-state index contributed by atoms with van der Waals surface area (Å²) in [5.74, 6) is -0.947. The summed E-state index contributed by atoms with van der Waals surface area (Å²) in [5.41, 5.74) is 0.832. The number of rotatable bonds is 7. The lowest BCUT2D eigenvalue weighted by Crippen LogP contribution is -2.32. The Labute approximate surface area is 118 Å². The van der Waals surface area contributed by atoms with Gasteiger partial charge in [0.1, 0.15) is 0 Å². The number of hydrogen-bond acceptors (Lipinski definition) is 2. The van der Waals surface area contributed by atoms with Crippen molar-refractivity contribution in [1.29, 1.82) is 0 Å². The van der Waals surface area contributed by atoms with Crippen LogP contribution in [0.1, 0.15) is 31.7 Å². The topological polar surface area (TPSA) is 57.6 Å². The minimum absolute atomic E-state index is 0.0383. The van der Waals surface area contributed by atoms with Crippen LogP contribution < -0.4 is 0 Å². The first-order chi connectivity index (χ1) is 9.04. The Bertz CT molecular complexity index is 448. The molecule has 19 heavy (non-hydrogen) atoms. The molecule has 0 spiro atoms. The van der Waals surface area contributed by atoms with Gasteiger partial charge in [0.05, 0.1) is 6.42 Å². The number of nitrogens with zero attached hydrogens (tertiary/aromatic N) is 1. The van der Waals surface area contributed by atoms with Crippen molar-refractivity contribution in [3.05, 3.63) is 34.9 Å². The highest BCUT2D eigenvalue weighted by Gasteiger charge is 2.15. The smallest absolute Gasteiger partial charge is 0.305 e. The van der Waals surface area contributed by atoms with Crippen molar-refractivity contribution in [2.24, 2.45) is 0 Å². The molecule has 1 N–H and O–H groups in total. The van der Waals surface area contributed by atoms with Crippen LogP contribution in [0.25, 0.3) is 0 Å². The van der Waals surface area contributed by atoms with E-state index in [0.29, 0.717) is 18.0 Å². The number of halogens is 1. The van der Waals surface area contributed by atoms with Gasteiger partial charge in [-0.05, 0) is 18.1 Å². The fourth-order valence-electron chi connectivity index (χ4n) is 1.73.